The number of hydrogen-bond donors (Lipinski definition) is 3. The molecule has 7 nitrogen and oxygen atoms in total. The van der Waals surface area contributed by atoms with Crippen LogP contribution >= 0.6 is 0 Å². The topological polar surface area (TPSA) is 110 Å². The van der Waals surface area contributed by atoms with Gasteiger partial charge in [-0.2, -0.15) is 0 Å². The van der Waals surface area contributed by atoms with Crippen LogP contribution in [0.1, 0.15) is 20.3 Å². The predicted molar refractivity (Wildman–Crippen MR) is 78.5 cm³/mol. The van der Waals surface area contributed by atoms with E-state index in [1.807, 2.05) is 13.8 Å². The Hall–Kier alpha value is -2.31. The lowest BCUT2D eigenvalue weighted by Crippen LogP contribution is -2.28. The van der Waals surface area contributed by atoms with Crippen LogP contribution in [0.25, 0.3) is 0 Å². The number of amides is 1. The second-order valence-corrected chi connectivity index (χ2v) is 4.88. The van der Waals surface area contributed by atoms with Gasteiger partial charge in [-0.15, -0.1) is 0 Å². The summed E-state index contributed by atoms with van der Waals surface area (Å²) < 4.78 is 0. The molecule has 0 atom stereocenters. The lowest BCUT2D eigenvalue weighted by Gasteiger charge is -2.10. The van der Waals surface area contributed by atoms with Crippen molar-refractivity contribution >= 4 is 23.0 Å². The molecule has 7 heteroatoms. The number of nitrogen functional groups attached to an aromatic ring is 1. The Morgan fingerprint density at radius 1 is 1.45 bits per heavy atom. The highest BCUT2D eigenvalue weighted by Crippen LogP contribution is 2.30. The number of nitrogens with one attached hydrogen (secondary N) is 2. The van der Waals surface area contributed by atoms with Gasteiger partial charge >= 0.3 is 5.69 Å². The van der Waals surface area contributed by atoms with Gasteiger partial charge in [0.2, 0.25) is 5.91 Å². The molecule has 0 spiro atoms. The normalized spacial score (nSPS) is 10.3. The third-order valence-corrected chi connectivity index (χ3v) is 2.62. The minimum atomic E-state index is -0.531. The summed E-state index contributed by atoms with van der Waals surface area (Å²) in [6.45, 7) is 4.95. The van der Waals surface area contributed by atoms with Crippen LogP contribution in [0.4, 0.5) is 17.1 Å². The molecule has 1 amide bonds. The number of carbonyl (C=O) groups is 1. The van der Waals surface area contributed by atoms with Gasteiger partial charge in [0.05, 0.1) is 4.92 Å². The Bertz CT molecular complexity index is 489. The van der Waals surface area contributed by atoms with Crippen LogP contribution in [0, 0.1) is 16.0 Å². The average Bonchev–Trinajstić information content (AvgIpc) is 2.36. The van der Waals surface area contributed by atoms with Crippen molar-refractivity contribution in [2.75, 3.05) is 24.1 Å². The summed E-state index contributed by atoms with van der Waals surface area (Å²) in [5, 5.41) is 16.6. The van der Waals surface area contributed by atoms with E-state index in [1.165, 1.54) is 6.07 Å². The van der Waals surface area contributed by atoms with E-state index in [0.29, 0.717) is 24.7 Å². The molecule has 1 rings (SSSR count). The maximum absolute atomic E-state index is 11.5. The highest BCUT2D eigenvalue weighted by Gasteiger charge is 2.17. The number of carbonyl (C=O) groups excluding carboxylic acids is 1. The molecule has 0 unspecified atom stereocenters. The zero-order valence-corrected chi connectivity index (χ0v) is 11.7. The maximum atomic E-state index is 11.5. The molecule has 0 saturated carbocycles. The molecule has 0 bridgehead atoms. The first kappa shape index (κ1) is 15.7. The van der Waals surface area contributed by atoms with E-state index >= 15 is 0 Å². The lowest BCUT2D eigenvalue weighted by molar-refractivity contribution is -0.383. The van der Waals surface area contributed by atoms with Crippen molar-refractivity contribution in [1.82, 2.24) is 5.32 Å². The summed E-state index contributed by atoms with van der Waals surface area (Å²) in [5.41, 5.74) is 5.84. The molecule has 0 heterocycles. The van der Waals surface area contributed by atoms with Gasteiger partial charge in [-0.05, 0) is 18.1 Å². The fourth-order valence-corrected chi connectivity index (χ4v) is 1.62. The largest absolute Gasteiger partial charge is 0.393 e. The first-order valence-corrected chi connectivity index (χ1v) is 6.45. The second-order valence-electron chi connectivity index (χ2n) is 4.88. The number of anilines is 2. The van der Waals surface area contributed by atoms with E-state index < -0.39 is 4.92 Å². The summed E-state index contributed by atoms with van der Waals surface area (Å²) in [6, 6.07) is 4.67. The van der Waals surface area contributed by atoms with Gasteiger partial charge in [0, 0.05) is 19.5 Å². The minimum Gasteiger partial charge on any atom is -0.393 e. The van der Waals surface area contributed by atoms with E-state index in [2.05, 4.69) is 10.6 Å². The fraction of sp³-hybridized carbons (Fsp3) is 0.462. The monoisotopic (exact) mass is 280 g/mol. The second kappa shape index (κ2) is 7.32. The number of nitro benzene ring substituents is 1. The van der Waals surface area contributed by atoms with Gasteiger partial charge in [-0.3, -0.25) is 14.9 Å². The third kappa shape index (κ3) is 4.75. The number of benzene rings is 1. The Morgan fingerprint density at radius 2 is 2.15 bits per heavy atom. The molecular weight excluding hydrogens is 260 g/mol. The Kier molecular flexibility index (Phi) is 5.76. The van der Waals surface area contributed by atoms with Crippen LogP contribution in [0.2, 0.25) is 0 Å². The quantitative estimate of drug-likeness (QED) is 0.400. The van der Waals surface area contributed by atoms with Crippen molar-refractivity contribution in [1.29, 1.82) is 0 Å². The van der Waals surface area contributed by atoms with Crippen molar-refractivity contribution in [3.63, 3.8) is 0 Å². The molecule has 0 fully saturated rings. The minimum absolute atomic E-state index is 0.0854. The van der Waals surface area contributed by atoms with Crippen LogP contribution < -0.4 is 16.4 Å². The molecule has 1 aromatic carbocycles. The van der Waals surface area contributed by atoms with E-state index in [9.17, 15) is 14.9 Å². The molecule has 0 aliphatic heterocycles. The average molecular weight is 280 g/mol. The van der Waals surface area contributed by atoms with Gasteiger partial charge in [-0.1, -0.05) is 19.9 Å². The highest BCUT2D eigenvalue weighted by molar-refractivity contribution is 5.77. The molecule has 1 aromatic rings. The lowest BCUT2D eigenvalue weighted by atomic mass is 10.2. The Morgan fingerprint density at radius 3 is 2.75 bits per heavy atom. The molecule has 0 aliphatic carbocycles. The molecule has 110 valence electrons. The van der Waals surface area contributed by atoms with Crippen LogP contribution in [0.3, 0.4) is 0 Å². The van der Waals surface area contributed by atoms with Gasteiger partial charge < -0.3 is 16.4 Å². The molecule has 4 N–H and O–H groups in total. The van der Waals surface area contributed by atoms with Crippen molar-refractivity contribution in [3.05, 3.63) is 28.3 Å². The fourth-order valence-electron chi connectivity index (χ4n) is 1.62. The Labute approximate surface area is 117 Å². The van der Waals surface area contributed by atoms with Gasteiger partial charge in [0.1, 0.15) is 11.4 Å². The SMILES string of the molecule is CC(C)CNC(=O)CCNc1cccc(N)c1[N+](=O)[O-]. The summed E-state index contributed by atoms with van der Waals surface area (Å²) in [5.74, 6) is 0.305. The number of nitrogens with two attached hydrogens (primary N) is 1. The van der Waals surface area contributed by atoms with Crippen molar-refractivity contribution in [3.8, 4) is 0 Å². The standard InChI is InChI=1S/C13H20N4O3/c1-9(2)8-16-12(18)6-7-15-11-5-3-4-10(14)13(11)17(19)20/h3-5,9,15H,6-8,14H2,1-2H3,(H,16,18). The van der Waals surface area contributed by atoms with E-state index in [-0.39, 0.29) is 23.7 Å². The van der Waals surface area contributed by atoms with Gasteiger partial charge in [0.15, 0.2) is 0 Å². The molecular formula is C13H20N4O3. The maximum Gasteiger partial charge on any atom is 0.314 e. The first-order chi connectivity index (χ1) is 9.41. The number of nitro groups is 1. The van der Waals surface area contributed by atoms with Crippen molar-refractivity contribution in [2.24, 2.45) is 5.92 Å². The molecule has 0 aliphatic rings. The predicted octanol–water partition coefficient (Wildman–Crippen LogP) is 1.75. The van der Waals surface area contributed by atoms with Gasteiger partial charge in [-0.25, -0.2) is 0 Å². The zero-order chi connectivity index (χ0) is 15.1. The van der Waals surface area contributed by atoms with Crippen LogP contribution in [0.15, 0.2) is 18.2 Å². The summed E-state index contributed by atoms with van der Waals surface area (Å²) >= 11 is 0. The molecule has 0 saturated heterocycles. The third-order valence-electron chi connectivity index (χ3n) is 2.62. The number of nitrogens with zero attached hydrogens (tertiary/aromatic N) is 1. The van der Waals surface area contributed by atoms with E-state index in [4.69, 9.17) is 5.73 Å². The van der Waals surface area contributed by atoms with E-state index in [0.717, 1.165) is 0 Å². The number of hydrogen-bond acceptors (Lipinski definition) is 5. The molecule has 0 radical (unpaired) electrons. The first-order valence-electron chi connectivity index (χ1n) is 6.45. The smallest absolute Gasteiger partial charge is 0.314 e. The van der Waals surface area contributed by atoms with Gasteiger partial charge in [0.25, 0.3) is 0 Å². The van der Waals surface area contributed by atoms with Crippen molar-refractivity contribution in [2.45, 2.75) is 20.3 Å². The zero-order valence-electron chi connectivity index (χ0n) is 11.7. The summed E-state index contributed by atoms with van der Waals surface area (Å²) in [6.07, 6.45) is 0.249. The molecule has 0 aromatic heterocycles. The van der Waals surface area contributed by atoms with Crippen LogP contribution in [-0.2, 0) is 4.79 Å². The Balaban J connectivity index is 2.52. The highest BCUT2D eigenvalue weighted by atomic mass is 16.6. The van der Waals surface area contributed by atoms with Crippen molar-refractivity contribution < 1.29 is 9.72 Å². The number of para-hydroxylation sites is 1. The van der Waals surface area contributed by atoms with E-state index in [1.54, 1.807) is 12.1 Å². The van der Waals surface area contributed by atoms with Crippen LogP contribution in [-0.4, -0.2) is 23.9 Å². The summed E-state index contributed by atoms with van der Waals surface area (Å²) in [4.78, 5) is 21.9. The molecule has 20 heavy (non-hydrogen) atoms. The number of rotatable bonds is 7. The summed E-state index contributed by atoms with van der Waals surface area (Å²) in [7, 11) is 0. The van der Waals surface area contributed by atoms with Crippen LogP contribution in [0.5, 0.6) is 0 Å².